The van der Waals surface area contributed by atoms with Gasteiger partial charge in [0, 0.05) is 5.69 Å². The second-order valence-electron chi connectivity index (χ2n) is 2.82. The van der Waals surface area contributed by atoms with Crippen molar-refractivity contribution in [2.75, 3.05) is 16.4 Å². The average molecular weight is 149 g/mol. The predicted molar refractivity (Wildman–Crippen MR) is 47.6 cm³/mol. The smallest absolute Gasteiger partial charge is 0.0935 e. The van der Waals surface area contributed by atoms with Crippen molar-refractivity contribution in [2.45, 2.75) is 13.1 Å². The van der Waals surface area contributed by atoms with Gasteiger partial charge in [0.15, 0.2) is 0 Å². The number of rotatable bonds is 0. The molecule has 0 aliphatic carbocycles. The number of fused-ring (bicyclic) bond motifs is 1. The van der Waals surface area contributed by atoms with Crippen molar-refractivity contribution < 1.29 is 0 Å². The molecule has 1 unspecified atom stereocenters. The van der Waals surface area contributed by atoms with Crippen molar-refractivity contribution >= 4 is 17.1 Å². The number of nitrogen functional groups attached to an aromatic ring is 1. The molecule has 0 amide bonds. The molecule has 0 spiro atoms. The molecule has 0 aromatic heterocycles. The van der Waals surface area contributed by atoms with Gasteiger partial charge in [0.25, 0.3) is 0 Å². The molecular formula is C8H11N3. The minimum Gasteiger partial charge on any atom is -0.399 e. The lowest BCUT2D eigenvalue weighted by Gasteiger charge is -2.01. The Morgan fingerprint density at radius 2 is 2.00 bits per heavy atom. The zero-order valence-corrected chi connectivity index (χ0v) is 6.39. The normalized spacial score (nSPS) is 20.3. The third kappa shape index (κ3) is 0.981. The highest BCUT2D eigenvalue weighted by molar-refractivity contribution is 5.77. The maximum absolute atomic E-state index is 5.61. The summed E-state index contributed by atoms with van der Waals surface area (Å²) in [6, 6.07) is 5.82. The van der Waals surface area contributed by atoms with E-state index in [2.05, 4.69) is 17.6 Å². The molecular weight excluding hydrogens is 138 g/mol. The van der Waals surface area contributed by atoms with E-state index >= 15 is 0 Å². The monoisotopic (exact) mass is 149 g/mol. The SMILES string of the molecule is CC1Nc2ccc(N)cc2N1. The Kier molecular flexibility index (Phi) is 1.18. The molecule has 0 saturated heterocycles. The van der Waals surface area contributed by atoms with Gasteiger partial charge in [0.05, 0.1) is 17.5 Å². The quantitative estimate of drug-likeness (QED) is 0.489. The van der Waals surface area contributed by atoms with Crippen LogP contribution in [-0.4, -0.2) is 6.17 Å². The van der Waals surface area contributed by atoms with Gasteiger partial charge in [0.2, 0.25) is 0 Å². The Morgan fingerprint density at radius 3 is 2.82 bits per heavy atom. The number of nitrogens with two attached hydrogens (primary N) is 1. The molecule has 0 fully saturated rings. The number of nitrogens with one attached hydrogen (secondary N) is 2. The summed E-state index contributed by atoms with van der Waals surface area (Å²) < 4.78 is 0. The predicted octanol–water partition coefficient (Wildman–Crippen LogP) is 1.45. The first-order valence-electron chi connectivity index (χ1n) is 3.68. The summed E-state index contributed by atoms with van der Waals surface area (Å²) in [7, 11) is 0. The second kappa shape index (κ2) is 2.05. The molecule has 58 valence electrons. The minimum atomic E-state index is 0.312. The molecule has 4 N–H and O–H groups in total. The third-order valence-corrected chi connectivity index (χ3v) is 1.79. The van der Waals surface area contributed by atoms with Crippen LogP contribution in [0.2, 0.25) is 0 Å². The maximum Gasteiger partial charge on any atom is 0.0935 e. The van der Waals surface area contributed by atoms with Crippen LogP contribution in [0, 0.1) is 0 Å². The van der Waals surface area contributed by atoms with Crippen molar-refractivity contribution in [2.24, 2.45) is 0 Å². The molecule has 1 aromatic rings. The van der Waals surface area contributed by atoms with Crippen LogP contribution in [0.25, 0.3) is 0 Å². The van der Waals surface area contributed by atoms with Crippen molar-refractivity contribution in [1.82, 2.24) is 0 Å². The van der Waals surface area contributed by atoms with Crippen LogP contribution in [0.1, 0.15) is 6.92 Å². The van der Waals surface area contributed by atoms with E-state index in [1.54, 1.807) is 0 Å². The first kappa shape index (κ1) is 6.34. The molecule has 1 heterocycles. The van der Waals surface area contributed by atoms with E-state index in [1.165, 1.54) is 0 Å². The van der Waals surface area contributed by atoms with Gasteiger partial charge in [0.1, 0.15) is 0 Å². The highest BCUT2D eigenvalue weighted by atomic mass is 15.2. The standard InChI is InChI=1S/C8H11N3/c1-5-10-7-3-2-6(9)4-8(7)11-5/h2-5,10-11H,9H2,1H3. The minimum absolute atomic E-state index is 0.312. The lowest BCUT2D eigenvalue weighted by Crippen LogP contribution is -2.16. The Balaban J connectivity index is 2.43. The van der Waals surface area contributed by atoms with Gasteiger partial charge in [-0.2, -0.15) is 0 Å². The molecule has 0 radical (unpaired) electrons. The molecule has 3 heteroatoms. The van der Waals surface area contributed by atoms with E-state index in [9.17, 15) is 0 Å². The molecule has 0 bridgehead atoms. The fourth-order valence-electron chi connectivity index (χ4n) is 1.31. The Labute approximate surface area is 65.6 Å². The summed E-state index contributed by atoms with van der Waals surface area (Å²) in [6.07, 6.45) is 0.312. The largest absolute Gasteiger partial charge is 0.399 e. The zero-order valence-electron chi connectivity index (χ0n) is 6.39. The molecule has 1 aliphatic rings. The van der Waals surface area contributed by atoms with E-state index in [0.717, 1.165) is 17.1 Å². The Morgan fingerprint density at radius 1 is 1.27 bits per heavy atom. The second-order valence-corrected chi connectivity index (χ2v) is 2.82. The van der Waals surface area contributed by atoms with Gasteiger partial charge in [-0.3, -0.25) is 0 Å². The number of benzene rings is 1. The fraction of sp³-hybridized carbons (Fsp3) is 0.250. The van der Waals surface area contributed by atoms with Crippen LogP contribution in [-0.2, 0) is 0 Å². The summed E-state index contributed by atoms with van der Waals surface area (Å²) in [5, 5.41) is 6.50. The number of anilines is 3. The Bertz CT molecular complexity index is 283. The van der Waals surface area contributed by atoms with E-state index in [0.29, 0.717) is 6.17 Å². The topological polar surface area (TPSA) is 50.1 Å². The molecule has 11 heavy (non-hydrogen) atoms. The first-order valence-corrected chi connectivity index (χ1v) is 3.68. The van der Waals surface area contributed by atoms with Gasteiger partial charge in [-0.15, -0.1) is 0 Å². The number of hydrogen-bond donors (Lipinski definition) is 3. The molecule has 1 aromatic carbocycles. The summed E-state index contributed by atoms with van der Waals surface area (Å²) in [5.41, 5.74) is 8.63. The van der Waals surface area contributed by atoms with E-state index in [4.69, 9.17) is 5.73 Å². The molecule has 2 rings (SSSR count). The zero-order chi connectivity index (χ0) is 7.84. The molecule has 3 nitrogen and oxygen atoms in total. The third-order valence-electron chi connectivity index (χ3n) is 1.79. The van der Waals surface area contributed by atoms with Crippen LogP contribution in [0.15, 0.2) is 18.2 Å². The van der Waals surface area contributed by atoms with Crippen LogP contribution in [0.3, 0.4) is 0 Å². The number of hydrogen-bond acceptors (Lipinski definition) is 3. The molecule has 0 saturated carbocycles. The lowest BCUT2D eigenvalue weighted by atomic mass is 10.2. The fourth-order valence-corrected chi connectivity index (χ4v) is 1.31. The first-order chi connectivity index (χ1) is 5.25. The van der Waals surface area contributed by atoms with Crippen LogP contribution in [0.4, 0.5) is 17.1 Å². The summed E-state index contributed by atoms with van der Waals surface area (Å²) in [6.45, 7) is 2.07. The van der Waals surface area contributed by atoms with Crippen LogP contribution < -0.4 is 16.4 Å². The van der Waals surface area contributed by atoms with Gasteiger partial charge < -0.3 is 16.4 Å². The van der Waals surface area contributed by atoms with Crippen LogP contribution in [0.5, 0.6) is 0 Å². The van der Waals surface area contributed by atoms with Crippen LogP contribution >= 0.6 is 0 Å². The molecule has 1 atom stereocenters. The van der Waals surface area contributed by atoms with Gasteiger partial charge in [-0.25, -0.2) is 0 Å². The van der Waals surface area contributed by atoms with Gasteiger partial charge in [-0.05, 0) is 25.1 Å². The Hall–Kier alpha value is -1.38. The summed E-state index contributed by atoms with van der Waals surface area (Å²) in [5.74, 6) is 0. The average Bonchev–Trinajstić information content (AvgIpc) is 2.27. The van der Waals surface area contributed by atoms with Crippen molar-refractivity contribution in [3.8, 4) is 0 Å². The van der Waals surface area contributed by atoms with E-state index < -0.39 is 0 Å². The highest BCUT2D eigenvalue weighted by Gasteiger charge is 2.13. The highest BCUT2D eigenvalue weighted by Crippen LogP contribution is 2.29. The lowest BCUT2D eigenvalue weighted by molar-refractivity contribution is 0.956. The maximum atomic E-state index is 5.61. The summed E-state index contributed by atoms with van der Waals surface area (Å²) in [4.78, 5) is 0. The molecule has 1 aliphatic heterocycles. The van der Waals surface area contributed by atoms with Gasteiger partial charge in [-0.1, -0.05) is 0 Å². The van der Waals surface area contributed by atoms with E-state index in [1.807, 2.05) is 18.2 Å². The van der Waals surface area contributed by atoms with Crippen molar-refractivity contribution in [3.05, 3.63) is 18.2 Å². The summed E-state index contributed by atoms with van der Waals surface area (Å²) >= 11 is 0. The van der Waals surface area contributed by atoms with Crippen molar-refractivity contribution in [3.63, 3.8) is 0 Å². The van der Waals surface area contributed by atoms with E-state index in [-0.39, 0.29) is 0 Å². The van der Waals surface area contributed by atoms with Gasteiger partial charge >= 0.3 is 0 Å². The van der Waals surface area contributed by atoms with Crippen molar-refractivity contribution in [1.29, 1.82) is 0 Å².